The van der Waals surface area contributed by atoms with Gasteiger partial charge in [-0.1, -0.05) is 127 Å². The summed E-state index contributed by atoms with van der Waals surface area (Å²) >= 11 is 0. The van der Waals surface area contributed by atoms with Gasteiger partial charge in [0.1, 0.15) is 5.58 Å². The first-order chi connectivity index (χ1) is 27.8. The van der Waals surface area contributed by atoms with Gasteiger partial charge in [-0.15, -0.1) is 0 Å². The van der Waals surface area contributed by atoms with Crippen molar-refractivity contribution in [2.75, 3.05) is 0 Å². The van der Waals surface area contributed by atoms with Crippen LogP contribution in [0.5, 0.6) is 0 Å². The van der Waals surface area contributed by atoms with Crippen LogP contribution in [0.25, 0.3) is 115 Å². The van der Waals surface area contributed by atoms with Gasteiger partial charge in [-0.3, -0.25) is 0 Å². The van der Waals surface area contributed by atoms with Crippen LogP contribution in [0.1, 0.15) is 0 Å². The van der Waals surface area contributed by atoms with Crippen molar-refractivity contribution in [3.05, 3.63) is 188 Å². The van der Waals surface area contributed by atoms with Crippen LogP contribution in [-0.4, -0.2) is 13.7 Å². The lowest BCUT2D eigenvalue weighted by molar-refractivity contribution is 0.666. The zero-order chi connectivity index (χ0) is 36.5. The Morgan fingerprint density at radius 2 is 0.821 bits per heavy atom. The van der Waals surface area contributed by atoms with Gasteiger partial charge < -0.3 is 18.1 Å². The predicted octanol–water partition coefficient (Wildman–Crippen LogP) is 14.0. The van der Waals surface area contributed by atoms with E-state index in [0.717, 1.165) is 61.1 Å². The van der Waals surface area contributed by atoms with Crippen molar-refractivity contribution in [3.63, 3.8) is 0 Å². The Morgan fingerprint density at radius 3 is 1.48 bits per heavy atom. The molecule has 0 N–H and O–H groups in total. The normalized spacial score (nSPS) is 12.3. The summed E-state index contributed by atoms with van der Waals surface area (Å²) in [6, 6.07) is 68.1. The molecule has 0 aliphatic carbocycles. The Kier molecular flexibility index (Phi) is 5.86. The Labute approximate surface area is 320 Å². The lowest BCUT2D eigenvalue weighted by atomic mass is 10.0. The molecule has 0 radical (unpaired) electrons. The third-order valence-corrected chi connectivity index (χ3v) is 12.0. The van der Waals surface area contributed by atoms with Crippen LogP contribution >= 0.6 is 0 Å². The highest BCUT2D eigenvalue weighted by atomic mass is 16.3. The minimum Gasteiger partial charge on any atom is -0.454 e. The highest BCUT2D eigenvalue weighted by molar-refractivity contribution is 6.33. The largest absolute Gasteiger partial charge is 0.454 e. The number of hydrogen-bond acceptors (Lipinski definition) is 1. The van der Waals surface area contributed by atoms with E-state index < -0.39 is 0 Å². The lowest BCUT2D eigenvalue weighted by Crippen LogP contribution is -1.96. The smallest absolute Gasteiger partial charge is 0.160 e. The maximum atomic E-state index is 6.94. The maximum Gasteiger partial charge on any atom is 0.160 e. The zero-order valence-electron chi connectivity index (χ0n) is 30.1. The molecule has 4 nitrogen and oxygen atoms in total. The first-order valence-electron chi connectivity index (χ1n) is 19.2. The summed E-state index contributed by atoms with van der Waals surface area (Å²) < 4.78 is 14.4. The molecule has 0 bridgehead atoms. The first kappa shape index (κ1) is 29.8. The van der Waals surface area contributed by atoms with E-state index in [0.29, 0.717) is 0 Å². The molecule has 13 aromatic rings. The molecule has 4 heterocycles. The second-order valence-corrected chi connectivity index (χ2v) is 14.8. The number of fused-ring (bicyclic) bond motifs is 16. The fourth-order valence-corrected chi connectivity index (χ4v) is 9.76. The van der Waals surface area contributed by atoms with Crippen LogP contribution in [0.4, 0.5) is 0 Å². The zero-order valence-corrected chi connectivity index (χ0v) is 30.1. The van der Waals surface area contributed by atoms with Crippen molar-refractivity contribution in [1.82, 2.24) is 13.7 Å². The van der Waals surface area contributed by atoms with Gasteiger partial charge >= 0.3 is 0 Å². The summed E-state index contributed by atoms with van der Waals surface area (Å²) in [5, 5.41) is 11.9. The number of furan rings is 1. The molecule has 9 aromatic carbocycles. The minimum absolute atomic E-state index is 0.889. The number of aromatic nitrogens is 3. The fourth-order valence-electron chi connectivity index (χ4n) is 9.76. The summed E-state index contributed by atoms with van der Waals surface area (Å²) in [6.45, 7) is 0. The second kappa shape index (κ2) is 11.0. The molecule has 13 rings (SSSR count). The molecular formula is C52H31N3O. The van der Waals surface area contributed by atoms with Gasteiger partial charge in [0.05, 0.1) is 38.8 Å². The van der Waals surface area contributed by atoms with Crippen molar-refractivity contribution in [2.24, 2.45) is 0 Å². The number of hydrogen-bond donors (Lipinski definition) is 0. The first-order valence-corrected chi connectivity index (χ1v) is 19.2. The third-order valence-electron chi connectivity index (χ3n) is 12.0. The van der Waals surface area contributed by atoms with Crippen molar-refractivity contribution in [1.29, 1.82) is 0 Å². The van der Waals surface area contributed by atoms with E-state index in [-0.39, 0.29) is 0 Å². The van der Waals surface area contributed by atoms with Crippen LogP contribution in [0.3, 0.4) is 0 Å². The minimum atomic E-state index is 0.889. The van der Waals surface area contributed by atoms with Gasteiger partial charge in [0.15, 0.2) is 5.58 Å². The molecule has 0 amide bonds. The number of rotatable bonds is 3. The Balaban J connectivity index is 1.33. The monoisotopic (exact) mass is 713 g/mol. The summed E-state index contributed by atoms with van der Waals surface area (Å²) in [5.74, 6) is 0. The molecule has 4 aromatic heterocycles. The van der Waals surface area contributed by atoms with Gasteiger partial charge in [0.25, 0.3) is 0 Å². The van der Waals surface area contributed by atoms with Crippen molar-refractivity contribution in [2.45, 2.75) is 0 Å². The van der Waals surface area contributed by atoms with Crippen LogP contribution < -0.4 is 0 Å². The SMILES string of the molecule is c1ccc(-n2c3ccc4c5ccccc5n(-c5ccccc5)c4c3c3c2ccc2c4ccccc4n(-c4cc5ccccc5c5c4oc4ccccc45)c23)cc1. The molecule has 0 fully saturated rings. The quantitative estimate of drug-likeness (QED) is 0.179. The van der Waals surface area contributed by atoms with Gasteiger partial charge in [0.2, 0.25) is 0 Å². The molecule has 0 atom stereocenters. The average Bonchev–Trinajstić information content (AvgIpc) is 4.00. The summed E-state index contributed by atoms with van der Waals surface area (Å²) in [4.78, 5) is 0. The molecule has 0 aliphatic rings. The van der Waals surface area contributed by atoms with Crippen LogP contribution in [0.2, 0.25) is 0 Å². The van der Waals surface area contributed by atoms with E-state index in [1.807, 2.05) is 0 Å². The Morgan fingerprint density at radius 1 is 0.321 bits per heavy atom. The maximum absolute atomic E-state index is 6.94. The molecular weight excluding hydrogens is 683 g/mol. The van der Waals surface area contributed by atoms with E-state index >= 15 is 0 Å². The third kappa shape index (κ3) is 3.82. The second-order valence-electron chi connectivity index (χ2n) is 14.8. The van der Waals surface area contributed by atoms with Gasteiger partial charge in [-0.05, 0) is 71.4 Å². The summed E-state index contributed by atoms with van der Waals surface area (Å²) in [6.07, 6.45) is 0. The molecule has 260 valence electrons. The van der Waals surface area contributed by atoms with Crippen LogP contribution in [0, 0.1) is 0 Å². The molecule has 0 saturated carbocycles. The van der Waals surface area contributed by atoms with E-state index in [4.69, 9.17) is 4.42 Å². The number of para-hydroxylation sites is 5. The number of benzene rings is 9. The number of nitrogens with zero attached hydrogens (tertiary/aromatic N) is 3. The Hall–Kier alpha value is -7.56. The molecule has 0 saturated heterocycles. The molecule has 0 aliphatic heterocycles. The van der Waals surface area contributed by atoms with Crippen LogP contribution in [0.15, 0.2) is 192 Å². The highest BCUT2D eigenvalue weighted by Gasteiger charge is 2.26. The van der Waals surface area contributed by atoms with Crippen LogP contribution in [-0.2, 0) is 0 Å². The molecule has 56 heavy (non-hydrogen) atoms. The predicted molar refractivity (Wildman–Crippen MR) is 234 cm³/mol. The van der Waals surface area contributed by atoms with E-state index in [1.165, 1.54) is 54.1 Å². The molecule has 0 unspecified atom stereocenters. The highest BCUT2D eigenvalue weighted by Crippen LogP contribution is 2.48. The van der Waals surface area contributed by atoms with Crippen molar-refractivity contribution in [3.8, 4) is 17.1 Å². The van der Waals surface area contributed by atoms with Gasteiger partial charge in [0, 0.05) is 54.5 Å². The van der Waals surface area contributed by atoms with Gasteiger partial charge in [-0.25, -0.2) is 0 Å². The topological polar surface area (TPSA) is 27.9 Å². The fraction of sp³-hybridized carbons (Fsp3) is 0. The molecule has 4 heteroatoms. The summed E-state index contributed by atoms with van der Waals surface area (Å²) in [7, 11) is 0. The van der Waals surface area contributed by atoms with E-state index in [1.54, 1.807) is 0 Å². The van der Waals surface area contributed by atoms with Gasteiger partial charge in [-0.2, -0.15) is 0 Å². The van der Waals surface area contributed by atoms with Crippen molar-refractivity contribution >= 4 is 98.1 Å². The Bertz CT molecular complexity index is 3750. The standard InChI is InChI=1S/C52H31N3O/c1-3-16-33(17-4-1)53-43-29-27-38-36-21-9-12-24-41(36)54(34-18-5-2-6-19-34)50(38)48(43)49-44(53)30-28-39-37-22-10-13-25-42(37)55(51(39)49)45-31-32-15-7-8-20-35(32)47-40-23-11-14-26-46(40)56-52(45)47/h1-31H. The van der Waals surface area contributed by atoms with E-state index in [9.17, 15) is 0 Å². The summed E-state index contributed by atoms with van der Waals surface area (Å²) in [5.41, 5.74) is 12.1. The van der Waals surface area contributed by atoms with Crippen molar-refractivity contribution < 1.29 is 4.42 Å². The average molecular weight is 714 g/mol. The lowest BCUT2D eigenvalue weighted by Gasteiger charge is -2.13. The molecule has 0 spiro atoms. The van der Waals surface area contributed by atoms with E-state index in [2.05, 4.69) is 202 Å².